The van der Waals surface area contributed by atoms with Gasteiger partial charge in [0.2, 0.25) is 0 Å². The van der Waals surface area contributed by atoms with E-state index in [2.05, 4.69) is 0 Å². The van der Waals surface area contributed by atoms with Gasteiger partial charge in [-0.3, -0.25) is 4.79 Å². The van der Waals surface area contributed by atoms with E-state index in [1.54, 1.807) is 17.8 Å². The van der Waals surface area contributed by atoms with Crippen LogP contribution in [0.25, 0.3) is 10.1 Å². The van der Waals surface area contributed by atoms with E-state index < -0.39 is 5.92 Å². The minimum Gasteiger partial charge on any atom is -0.294 e. The van der Waals surface area contributed by atoms with Crippen molar-refractivity contribution in [2.75, 3.05) is 5.75 Å². The molecular formula is C14H14F2OS2. The van der Waals surface area contributed by atoms with Gasteiger partial charge in [-0.15, -0.1) is 23.1 Å². The smallest absolute Gasteiger partial charge is 0.270 e. The van der Waals surface area contributed by atoms with Crippen molar-refractivity contribution in [3.05, 3.63) is 28.6 Å². The zero-order chi connectivity index (χ0) is 14.2. The predicted octanol–water partition coefficient (Wildman–Crippen LogP) is 5.33. The molecule has 0 aliphatic rings. The molecule has 0 bridgehead atoms. The average molecular weight is 300 g/mol. The quantitative estimate of drug-likeness (QED) is 0.561. The molecule has 0 radical (unpaired) electrons. The van der Waals surface area contributed by atoms with E-state index in [0.29, 0.717) is 4.88 Å². The highest BCUT2D eigenvalue weighted by Crippen LogP contribution is 2.40. The molecule has 1 aromatic heterocycles. The third-order valence-electron chi connectivity index (χ3n) is 2.76. The van der Waals surface area contributed by atoms with Crippen molar-refractivity contribution in [3.8, 4) is 0 Å². The topological polar surface area (TPSA) is 17.1 Å². The second-order valence-corrected chi connectivity index (χ2v) is 6.68. The summed E-state index contributed by atoms with van der Waals surface area (Å²) in [5, 5.41) is 0.898. The number of thiophene rings is 1. The van der Waals surface area contributed by atoms with Gasteiger partial charge in [-0.2, -0.15) is 0 Å². The Morgan fingerprint density at radius 1 is 1.42 bits per heavy atom. The van der Waals surface area contributed by atoms with Crippen LogP contribution >= 0.6 is 23.1 Å². The van der Waals surface area contributed by atoms with Crippen LogP contribution in [0.5, 0.6) is 0 Å². The Labute approximate surface area is 119 Å². The van der Waals surface area contributed by atoms with Crippen molar-refractivity contribution < 1.29 is 13.6 Å². The summed E-state index contributed by atoms with van der Waals surface area (Å²) in [5.74, 6) is -2.02. The lowest BCUT2D eigenvalue weighted by atomic mass is 10.1. The van der Waals surface area contributed by atoms with Crippen molar-refractivity contribution in [1.82, 2.24) is 0 Å². The highest BCUT2D eigenvalue weighted by Gasteiger charge is 2.25. The van der Waals surface area contributed by atoms with Crippen molar-refractivity contribution in [2.24, 2.45) is 0 Å². The summed E-state index contributed by atoms with van der Waals surface area (Å²) < 4.78 is 27.4. The first-order valence-corrected chi connectivity index (χ1v) is 7.73. The van der Waals surface area contributed by atoms with Crippen LogP contribution in [0.1, 0.15) is 36.0 Å². The molecule has 0 aliphatic carbocycles. The van der Waals surface area contributed by atoms with E-state index in [-0.39, 0.29) is 11.3 Å². The molecule has 0 unspecified atom stereocenters. The van der Waals surface area contributed by atoms with Crippen molar-refractivity contribution in [2.45, 2.75) is 31.6 Å². The van der Waals surface area contributed by atoms with Gasteiger partial charge in [0, 0.05) is 27.5 Å². The van der Waals surface area contributed by atoms with E-state index in [4.69, 9.17) is 0 Å². The number of carbonyl (C=O) groups is 1. The Morgan fingerprint density at radius 2 is 2.11 bits per heavy atom. The Balaban J connectivity index is 2.66. The van der Waals surface area contributed by atoms with Gasteiger partial charge in [-0.25, -0.2) is 8.78 Å². The fourth-order valence-electron chi connectivity index (χ4n) is 1.87. The standard InChI is InChI=1S/C14H14F2OS2/c1-4-18-13-10-6-5-9(14(3,15)16)7-11(10)19-12(13)8(2)17/h5-7H,4H2,1-3H3. The largest absolute Gasteiger partial charge is 0.294 e. The molecule has 1 heterocycles. The van der Waals surface area contributed by atoms with E-state index in [1.165, 1.54) is 30.4 Å². The molecule has 102 valence electrons. The molecule has 0 N–H and O–H groups in total. The summed E-state index contributed by atoms with van der Waals surface area (Å²) >= 11 is 2.88. The molecule has 0 aliphatic heterocycles. The van der Waals surface area contributed by atoms with Crippen molar-refractivity contribution >= 4 is 39.0 Å². The second kappa shape index (κ2) is 5.21. The Kier molecular flexibility index (Phi) is 3.97. The maximum Gasteiger partial charge on any atom is 0.270 e. The summed E-state index contributed by atoms with van der Waals surface area (Å²) in [5.41, 5.74) is -0.00981. The van der Waals surface area contributed by atoms with E-state index in [1.807, 2.05) is 6.92 Å². The molecule has 1 nitrogen and oxygen atoms in total. The maximum absolute atomic E-state index is 13.3. The summed E-state index contributed by atoms with van der Waals surface area (Å²) in [6.45, 7) is 4.40. The first kappa shape index (κ1) is 14.5. The number of ketones is 1. The minimum atomic E-state index is -2.85. The van der Waals surface area contributed by atoms with Crippen LogP contribution in [0.15, 0.2) is 23.1 Å². The Bertz CT molecular complexity index is 626. The van der Waals surface area contributed by atoms with Gasteiger partial charge in [0.05, 0.1) is 4.88 Å². The summed E-state index contributed by atoms with van der Waals surface area (Å²) in [6, 6.07) is 4.63. The van der Waals surface area contributed by atoms with Gasteiger partial charge >= 0.3 is 0 Å². The number of fused-ring (bicyclic) bond motifs is 1. The summed E-state index contributed by atoms with van der Waals surface area (Å²) in [6.07, 6.45) is 0. The number of halogens is 2. The van der Waals surface area contributed by atoms with Crippen LogP contribution in [-0.2, 0) is 5.92 Å². The van der Waals surface area contributed by atoms with Crippen LogP contribution in [0, 0.1) is 0 Å². The van der Waals surface area contributed by atoms with Gasteiger partial charge in [-0.1, -0.05) is 19.1 Å². The number of rotatable bonds is 4. The molecular weight excluding hydrogens is 286 g/mol. The van der Waals surface area contributed by atoms with E-state index in [0.717, 1.165) is 27.7 Å². The summed E-state index contributed by atoms with van der Waals surface area (Å²) in [4.78, 5) is 13.2. The third-order valence-corrected chi connectivity index (χ3v) is 5.14. The SMILES string of the molecule is CCSc1c(C(C)=O)sc2cc(C(C)(F)F)ccc12. The molecule has 0 saturated heterocycles. The first-order valence-electron chi connectivity index (χ1n) is 5.93. The zero-order valence-electron chi connectivity index (χ0n) is 10.9. The van der Waals surface area contributed by atoms with Gasteiger partial charge in [-0.05, 0) is 18.7 Å². The normalized spacial score (nSPS) is 12.1. The molecule has 0 atom stereocenters. The highest BCUT2D eigenvalue weighted by molar-refractivity contribution is 7.99. The summed E-state index contributed by atoms with van der Waals surface area (Å²) in [7, 11) is 0. The molecule has 0 spiro atoms. The minimum absolute atomic E-state index is 0.00981. The maximum atomic E-state index is 13.3. The van der Waals surface area contributed by atoms with E-state index in [9.17, 15) is 13.6 Å². The lowest BCUT2D eigenvalue weighted by molar-refractivity contribution is 0.0176. The number of hydrogen-bond donors (Lipinski definition) is 0. The number of alkyl halides is 2. The number of thioether (sulfide) groups is 1. The van der Waals surface area contributed by atoms with Crippen LogP contribution in [0.2, 0.25) is 0 Å². The zero-order valence-corrected chi connectivity index (χ0v) is 12.6. The monoisotopic (exact) mass is 300 g/mol. The van der Waals surface area contributed by atoms with Crippen LogP contribution in [-0.4, -0.2) is 11.5 Å². The molecule has 2 aromatic rings. The fourth-order valence-corrected chi connectivity index (χ4v) is 4.16. The predicted molar refractivity (Wildman–Crippen MR) is 77.8 cm³/mol. The highest BCUT2D eigenvalue weighted by atomic mass is 32.2. The molecule has 2 rings (SSSR count). The number of benzene rings is 1. The van der Waals surface area contributed by atoms with Crippen LogP contribution < -0.4 is 0 Å². The molecule has 5 heteroatoms. The lowest BCUT2D eigenvalue weighted by Crippen LogP contribution is -2.05. The molecule has 1 aromatic carbocycles. The average Bonchev–Trinajstić information content (AvgIpc) is 2.67. The molecule has 0 amide bonds. The Hall–Kier alpha value is -0.940. The number of Topliss-reactive ketones (excluding diaryl/α,β-unsaturated/α-hetero) is 1. The second-order valence-electron chi connectivity index (χ2n) is 4.35. The Morgan fingerprint density at radius 3 is 2.63 bits per heavy atom. The van der Waals surface area contributed by atoms with Gasteiger partial charge in [0.15, 0.2) is 5.78 Å². The number of carbonyl (C=O) groups excluding carboxylic acids is 1. The van der Waals surface area contributed by atoms with Gasteiger partial charge < -0.3 is 0 Å². The van der Waals surface area contributed by atoms with Crippen molar-refractivity contribution in [1.29, 1.82) is 0 Å². The van der Waals surface area contributed by atoms with Crippen LogP contribution in [0.3, 0.4) is 0 Å². The number of hydrogen-bond acceptors (Lipinski definition) is 3. The van der Waals surface area contributed by atoms with Gasteiger partial charge in [0.25, 0.3) is 5.92 Å². The molecule has 0 fully saturated rings. The molecule has 19 heavy (non-hydrogen) atoms. The lowest BCUT2D eigenvalue weighted by Gasteiger charge is -2.10. The third kappa shape index (κ3) is 2.82. The van der Waals surface area contributed by atoms with Crippen LogP contribution in [0.4, 0.5) is 8.78 Å². The first-order chi connectivity index (χ1) is 8.84. The van der Waals surface area contributed by atoms with Gasteiger partial charge in [0.1, 0.15) is 0 Å². The van der Waals surface area contributed by atoms with Crippen molar-refractivity contribution in [3.63, 3.8) is 0 Å². The fraction of sp³-hybridized carbons (Fsp3) is 0.357. The molecule has 0 saturated carbocycles. The van der Waals surface area contributed by atoms with E-state index >= 15 is 0 Å².